The summed E-state index contributed by atoms with van der Waals surface area (Å²) in [5.74, 6) is 2.30. The Balaban J connectivity index is 1.88. The number of thioether (sulfide) groups is 1. The minimum atomic E-state index is 0.536. The largest absolute Gasteiger partial charge is 0.411 e. The van der Waals surface area contributed by atoms with E-state index >= 15 is 0 Å². The summed E-state index contributed by atoms with van der Waals surface area (Å²) in [5.41, 5.74) is 2.22. The van der Waals surface area contributed by atoms with Crippen molar-refractivity contribution in [1.82, 2.24) is 0 Å². The fourth-order valence-corrected chi connectivity index (χ4v) is 3.69. The van der Waals surface area contributed by atoms with Gasteiger partial charge in [-0.05, 0) is 46.9 Å². The molecule has 0 spiro atoms. The first-order valence-corrected chi connectivity index (χ1v) is 8.46. The maximum Gasteiger partial charge on any atom is 0.0672 e. The predicted molar refractivity (Wildman–Crippen MR) is 86.7 cm³/mol. The summed E-state index contributed by atoms with van der Waals surface area (Å²) in [6.45, 7) is 4.28. The molecule has 1 aromatic heterocycles. The highest BCUT2D eigenvalue weighted by atomic mass is 32.2. The molecule has 0 fully saturated rings. The van der Waals surface area contributed by atoms with E-state index in [4.69, 9.17) is 5.21 Å². The first-order valence-electron chi connectivity index (χ1n) is 6.42. The van der Waals surface area contributed by atoms with Crippen LogP contribution < -0.4 is 0 Å². The molecule has 2 nitrogen and oxygen atoms in total. The molecule has 1 heterocycles. The second-order valence-corrected chi connectivity index (χ2v) is 6.98. The van der Waals surface area contributed by atoms with Gasteiger partial charge in [-0.15, -0.1) is 11.3 Å². The first kappa shape index (κ1) is 14.4. The van der Waals surface area contributed by atoms with E-state index in [9.17, 15) is 0 Å². The van der Waals surface area contributed by atoms with Crippen LogP contribution in [-0.2, 0) is 5.75 Å². The van der Waals surface area contributed by atoms with Crippen molar-refractivity contribution in [3.05, 3.63) is 35.2 Å². The van der Waals surface area contributed by atoms with E-state index in [-0.39, 0.29) is 0 Å². The van der Waals surface area contributed by atoms with E-state index in [0.717, 1.165) is 23.6 Å². The molecule has 0 radical (unpaired) electrons. The van der Waals surface area contributed by atoms with Gasteiger partial charge < -0.3 is 5.21 Å². The van der Waals surface area contributed by atoms with E-state index in [0.29, 0.717) is 5.92 Å². The van der Waals surface area contributed by atoms with E-state index in [2.05, 4.69) is 48.6 Å². The van der Waals surface area contributed by atoms with Gasteiger partial charge in [0.2, 0.25) is 0 Å². The summed E-state index contributed by atoms with van der Waals surface area (Å²) in [5, 5.41) is 15.8. The standard InChI is InChI=1S/C15H19NOS2/c1-11(2)7-14(16-17)10-18-9-12-3-4-15-13(8-12)5-6-19-15/h3-6,8,11,17H,7,9-10H2,1-2H3. The molecule has 0 bridgehead atoms. The molecule has 0 saturated heterocycles. The number of oxime groups is 1. The number of fused-ring (bicyclic) bond motifs is 1. The molecule has 0 aliphatic rings. The number of hydrogen-bond acceptors (Lipinski definition) is 4. The summed E-state index contributed by atoms with van der Waals surface area (Å²) < 4.78 is 1.34. The van der Waals surface area contributed by atoms with E-state index in [1.54, 1.807) is 23.1 Å². The fourth-order valence-electron chi connectivity index (χ4n) is 1.99. The maximum absolute atomic E-state index is 8.96. The Hall–Kier alpha value is -1.00. The molecule has 19 heavy (non-hydrogen) atoms. The SMILES string of the molecule is CC(C)CC(CSCc1ccc2sccc2c1)=NO. The fraction of sp³-hybridized carbons (Fsp3) is 0.400. The van der Waals surface area contributed by atoms with Crippen LogP contribution in [-0.4, -0.2) is 16.7 Å². The van der Waals surface area contributed by atoms with Crippen LogP contribution in [0.15, 0.2) is 34.8 Å². The monoisotopic (exact) mass is 293 g/mol. The molecule has 0 aliphatic carbocycles. The van der Waals surface area contributed by atoms with Crippen LogP contribution in [0.4, 0.5) is 0 Å². The van der Waals surface area contributed by atoms with Crippen LogP contribution in [0.2, 0.25) is 0 Å². The van der Waals surface area contributed by atoms with Gasteiger partial charge in [0.1, 0.15) is 0 Å². The van der Waals surface area contributed by atoms with Crippen molar-refractivity contribution in [3.8, 4) is 0 Å². The molecule has 4 heteroatoms. The van der Waals surface area contributed by atoms with E-state index in [1.807, 2.05) is 0 Å². The van der Waals surface area contributed by atoms with Crippen LogP contribution in [0.3, 0.4) is 0 Å². The molecule has 2 aromatic rings. The lowest BCUT2D eigenvalue weighted by Gasteiger charge is -2.07. The van der Waals surface area contributed by atoms with Gasteiger partial charge in [-0.1, -0.05) is 25.1 Å². The van der Waals surface area contributed by atoms with Crippen LogP contribution in [0.1, 0.15) is 25.8 Å². The molecule has 0 saturated carbocycles. The van der Waals surface area contributed by atoms with Crippen molar-refractivity contribution in [2.75, 3.05) is 5.75 Å². The average Bonchev–Trinajstić information content (AvgIpc) is 2.84. The molecule has 102 valence electrons. The zero-order valence-corrected chi connectivity index (χ0v) is 12.9. The third-order valence-corrected chi connectivity index (χ3v) is 4.81. The molecule has 0 amide bonds. The lowest BCUT2D eigenvalue weighted by Crippen LogP contribution is -2.06. The Kier molecular flexibility index (Phi) is 5.28. The van der Waals surface area contributed by atoms with Crippen LogP contribution in [0.25, 0.3) is 10.1 Å². The normalized spacial score (nSPS) is 12.5. The lowest BCUT2D eigenvalue weighted by atomic mass is 10.1. The van der Waals surface area contributed by atoms with Gasteiger partial charge in [0.15, 0.2) is 0 Å². The van der Waals surface area contributed by atoms with Gasteiger partial charge in [-0.2, -0.15) is 11.8 Å². The highest BCUT2D eigenvalue weighted by Gasteiger charge is 2.05. The predicted octanol–water partition coefficient (Wildman–Crippen LogP) is 5.01. The highest BCUT2D eigenvalue weighted by Crippen LogP contribution is 2.24. The zero-order valence-electron chi connectivity index (χ0n) is 11.3. The van der Waals surface area contributed by atoms with E-state index in [1.165, 1.54) is 15.6 Å². The van der Waals surface area contributed by atoms with Crippen molar-refractivity contribution in [1.29, 1.82) is 0 Å². The van der Waals surface area contributed by atoms with Crippen molar-refractivity contribution in [2.45, 2.75) is 26.0 Å². The second-order valence-electron chi connectivity index (χ2n) is 5.05. The minimum Gasteiger partial charge on any atom is -0.411 e. The number of benzene rings is 1. The van der Waals surface area contributed by atoms with Crippen LogP contribution >= 0.6 is 23.1 Å². The van der Waals surface area contributed by atoms with Crippen molar-refractivity contribution < 1.29 is 5.21 Å². The number of thiophene rings is 1. The van der Waals surface area contributed by atoms with Crippen LogP contribution in [0, 0.1) is 5.92 Å². The summed E-state index contributed by atoms with van der Waals surface area (Å²) in [4.78, 5) is 0. The minimum absolute atomic E-state index is 0.536. The van der Waals surface area contributed by atoms with Gasteiger partial charge in [-0.3, -0.25) is 0 Å². The maximum atomic E-state index is 8.96. The Labute approximate surface area is 122 Å². The van der Waals surface area contributed by atoms with Crippen molar-refractivity contribution >= 4 is 38.9 Å². The molecule has 0 aliphatic heterocycles. The summed E-state index contributed by atoms with van der Waals surface area (Å²) in [7, 11) is 0. The number of hydrogen-bond donors (Lipinski definition) is 1. The lowest BCUT2D eigenvalue weighted by molar-refractivity contribution is 0.316. The van der Waals surface area contributed by atoms with Crippen molar-refractivity contribution in [2.24, 2.45) is 11.1 Å². The zero-order chi connectivity index (χ0) is 13.7. The molecule has 0 unspecified atom stereocenters. The first-order chi connectivity index (χ1) is 9.19. The number of rotatable bonds is 6. The summed E-state index contributed by atoms with van der Waals surface area (Å²) in [6.07, 6.45) is 0.868. The Bertz CT molecular complexity index is 560. The summed E-state index contributed by atoms with van der Waals surface area (Å²) >= 11 is 3.58. The molecule has 0 atom stereocenters. The molecule has 1 N–H and O–H groups in total. The van der Waals surface area contributed by atoms with Gasteiger partial charge >= 0.3 is 0 Å². The second kappa shape index (κ2) is 6.96. The topological polar surface area (TPSA) is 32.6 Å². The molecule has 2 rings (SSSR count). The Morgan fingerprint density at radius 2 is 2.21 bits per heavy atom. The Morgan fingerprint density at radius 3 is 2.95 bits per heavy atom. The van der Waals surface area contributed by atoms with Gasteiger partial charge in [0.05, 0.1) is 5.71 Å². The van der Waals surface area contributed by atoms with Gasteiger partial charge in [0, 0.05) is 16.2 Å². The van der Waals surface area contributed by atoms with Gasteiger partial charge in [-0.25, -0.2) is 0 Å². The third kappa shape index (κ3) is 4.25. The molecule has 1 aromatic carbocycles. The van der Waals surface area contributed by atoms with Gasteiger partial charge in [0.25, 0.3) is 0 Å². The highest BCUT2D eigenvalue weighted by molar-refractivity contribution is 7.99. The Morgan fingerprint density at radius 1 is 1.37 bits per heavy atom. The van der Waals surface area contributed by atoms with Crippen LogP contribution in [0.5, 0.6) is 0 Å². The third-order valence-electron chi connectivity index (χ3n) is 2.84. The average molecular weight is 293 g/mol. The molecular weight excluding hydrogens is 274 g/mol. The number of nitrogens with zero attached hydrogens (tertiary/aromatic N) is 1. The van der Waals surface area contributed by atoms with E-state index < -0.39 is 0 Å². The quantitative estimate of drug-likeness (QED) is 0.461. The van der Waals surface area contributed by atoms with Crippen molar-refractivity contribution in [3.63, 3.8) is 0 Å². The smallest absolute Gasteiger partial charge is 0.0672 e. The summed E-state index contributed by atoms with van der Waals surface area (Å²) in [6, 6.07) is 8.78. The molecular formula is C15H19NOS2.